The predicted molar refractivity (Wildman–Crippen MR) is 107 cm³/mol. The average molecular weight is 362 g/mol. The van der Waals surface area contributed by atoms with Crippen LogP contribution in [0, 0.1) is 16.7 Å². The fraction of sp³-hybridized carbons (Fsp3) is 0.409. The molecule has 0 aliphatic heterocycles. The number of rotatable bonds is 4. The third-order valence-electron chi connectivity index (χ3n) is 5.18. The van der Waals surface area contributed by atoms with Crippen LogP contribution in [0.5, 0.6) is 0 Å². The van der Waals surface area contributed by atoms with E-state index in [2.05, 4.69) is 61.2 Å². The Bertz CT molecular complexity index is 928. The maximum absolute atomic E-state index is 12.6. The quantitative estimate of drug-likeness (QED) is 0.779. The number of aromatic nitrogens is 2. The maximum atomic E-state index is 12.6. The summed E-state index contributed by atoms with van der Waals surface area (Å²) in [6.45, 7) is 8.92. The number of anilines is 1. The second-order valence-electron chi connectivity index (χ2n) is 8.26. The summed E-state index contributed by atoms with van der Waals surface area (Å²) in [4.78, 5) is 19.3. The summed E-state index contributed by atoms with van der Waals surface area (Å²) >= 11 is 0. The number of nitrogens with one attached hydrogen (secondary N) is 2. The second kappa shape index (κ2) is 7.40. The summed E-state index contributed by atoms with van der Waals surface area (Å²) in [6, 6.07) is 8.14. The van der Waals surface area contributed by atoms with Gasteiger partial charge in [0.1, 0.15) is 6.07 Å². The number of aromatic amines is 1. The lowest BCUT2D eigenvalue weighted by Gasteiger charge is -2.29. The molecule has 2 N–H and O–H groups in total. The molecule has 0 saturated heterocycles. The van der Waals surface area contributed by atoms with Gasteiger partial charge < -0.3 is 10.3 Å². The molecule has 1 heterocycles. The van der Waals surface area contributed by atoms with Crippen LogP contribution in [-0.2, 0) is 0 Å². The molecule has 1 aromatic heterocycles. The van der Waals surface area contributed by atoms with Gasteiger partial charge in [-0.05, 0) is 53.9 Å². The highest BCUT2D eigenvalue weighted by Crippen LogP contribution is 2.40. The Kier molecular flexibility index (Phi) is 5.18. The first-order valence-corrected chi connectivity index (χ1v) is 9.39. The monoisotopic (exact) mass is 362 g/mol. The summed E-state index contributed by atoms with van der Waals surface area (Å²) in [5.41, 5.74) is 4.92. The molecule has 0 bridgehead atoms. The van der Waals surface area contributed by atoms with Crippen molar-refractivity contribution in [2.45, 2.75) is 52.9 Å². The Morgan fingerprint density at radius 3 is 2.74 bits per heavy atom. The number of carbonyl (C=O) groups excluding carboxylic acids is 1. The number of imidazole rings is 1. The van der Waals surface area contributed by atoms with Gasteiger partial charge in [-0.15, -0.1) is 0 Å². The summed E-state index contributed by atoms with van der Waals surface area (Å²) in [6.07, 6.45) is 6.90. The summed E-state index contributed by atoms with van der Waals surface area (Å²) < 4.78 is 0. The number of hydrogen-bond acceptors (Lipinski definition) is 3. The minimum Gasteiger partial charge on any atom is -0.339 e. The van der Waals surface area contributed by atoms with Crippen molar-refractivity contribution in [3.05, 3.63) is 53.1 Å². The van der Waals surface area contributed by atoms with Gasteiger partial charge in [0.25, 0.3) is 5.91 Å². The van der Waals surface area contributed by atoms with Crippen LogP contribution in [0.1, 0.15) is 80.3 Å². The van der Waals surface area contributed by atoms with Crippen LogP contribution >= 0.6 is 0 Å². The van der Waals surface area contributed by atoms with Crippen molar-refractivity contribution in [3.63, 3.8) is 0 Å². The van der Waals surface area contributed by atoms with Crippen molar-refractivity contribution >= 4 is 17.2 Å². The Morgan fingerprint density at radius 2 is 2.15 bits per heavy atom. The Morgan fingerprint density at radius 1 is 1.37 bits per heavy atom. The molecule has 0 fully saturated rings. The van der Waals surface area contributed by atoms with Crippen LogP contribution in [0.2, 0.25) is 0 Å². The van der Waals surface area contributed by atoms with E-state index in [0.717, 1.165) is 30.5 Å². The van der Waals surface area contributed by atoms with Crippen molar-refractivity contribution in [2.75, 3.05) is 5.32 Å². The SMILES string of the molecule is CC(C)c1ccc(NC(=O)c2nc(C#N)c[nH]2)c(C2=CCC(C)(C)CC2)c1. The third kappa shape index (κ3) is 4.28. The van der Waals surface area contributed by atoms with E-state index >= 15 is 0 Å². The van der Waals surface area contributed by atoms with Crippen LogP contribution in [0.3, 0.4) is 0 Å². The number of carbonyl (C=O) groups is 1. The number of benzene rings is 1. The van der Waals surface area contributed by atoms with Gasteiger partial charge in [0, 0.05) is 17.4 Å². The zero-order chi connectivity index (χ0) is 19.6. The standard InChI is InChI=1S/C22H26N4O/c1-14(2)16-5-6-19(26-21(27)20-24-13-17(12-23)25-20)18(11-16)15-7-9-22(3,4)10-8-15/h5-7,11,13-14H,8-10H2,1-4H3,(H,24,25)(H,26,27). The van der Waals surface area contributed by atoms with Crippen molar-refractivity contribution in [2.24, 2.45) is 5.41 Å². The van der Waals surface area contributed by atoms with Gasteiger partial charge in [0.05, 0.1) is 0 Å². The van der Waals surface area contributed by atoms with E-state index < -0.39 is 0 Å². The Hall–Kier alpha value is -2.87. The molecule has 2 aromatic rings. The van der Waals surface area contributed by atoms with Crippen molar-refractivity contribution in [1.29, 1.82) is 5.26 Å². The smallest absolute Gasteiger partial charge is 0.291 e. The first kappa shape index (κ1) is 18.9. The van der Waals surface area contributed by atoms with E-state index in [4.69, 9.17) is 5.26 Å². The van der Waals surface area contributed by atoms with Crippen LogP contribution in [0.15, 0.2) is 30.5 Å². The number of allylic oxidation sites excluding steroid dienone is 2. The summed E-state index contributed by atoms with van der Waals surface area (Å²) in [5, 5.41) is 11.9. The van der Waals surface area contributed by atoms with E-state index in [0.29, 0.717) is 11.3 Å². The molecule has 27 heavy (non-hydrogen) atoms. The van der Waals surface area contributed by atoms with Gasteiger partial charge in [0.2, 0.25) is 0 Å². The van der Waals surface area contributed by atoms with E-state index in [1.165, 1.54) is 17.3 Å². The fourth-order valence-corrected chi connectivity index (χ4v) is 3.29. The molecule has 1 amide bonds. The average Bonchev–Trinajstić information content (AvgIpc) is 3.11. The molecule has 0 spiro atoms. The van der Waals surface area contributed by atoms with E-state index in [-0.39, 0.29) is 17.4 Å². The molecule has 5 nitrogen and oxygen atoms in total. The number of H-pyrrole nitrogens is 1. The number of nitriles is 1. The molecular formula is C22H26N4O. The zero-order valence-electron chi connectivity index (χ0n) is 16.4. The minimum absolute atomic E-state index is 0.143. The van der Waals surface area contributed by atoms with Crippen LogP contribution < -0.4 is 5.32 Å². The van der Waals surface area contributed by atoms with Crippen LogP contribution in [-0.4, -0.2) is 15.9 Å². The first-order valence-electron chi connectivity index (χ1n) is 9.39. The van der Waals surface area contributed by atoms with Crippen LogP contribution in [0.25, 0.3) is 5.57 Å². The molecule has 0 unspecified atom stereocenters. The molecule has 0 atom stereocenters. The van der Waals surface area contributed by atoms with Crippen LogP contribution in [0.4, 0.5) is 5.69 Å². The molecule has 0 radical (unpaired) electrons. The highest BCUT2D eigenvalue weighted by atomic mass is 16.2. The molecule has 3 rings (SSSR count). The molecule has 1 aromatic carbocycles. The molecule has 0 saturated carbocycles. The summed E-state index contributed by atoms with van der Waals surface area (Å²) in [5.74, 6) is 0.216. The molecule has 1 aliphatic carbocycles. The largest absolute Gasteiger partial charge is 0.339 e. The molecule has 140 valence electrons. The lowest BCUT2D eigenvalue weighted by atomic mass is 9.76. The van der Waals surface area contributed by atoms with Crippen molar-refractivity contribution < 1.29 is 4.79 Å². The highest BCUT2D eigenvalue weighted by molar-refractivity contribution is 6.03. The van der Waals surface area contributed by atoms with Gasteiger partial charge in [-0.3, -0.25) is 4.79 Å². The normalized spacial score (nSPS) is 15.9. The van der Waals surface area contributed by atoms with Gasteiger partial charge in [-0.1, -0.05) is 39.8 Å². The maximum Gasteiger partial charge on any atom is 0.291 e. The predicted octanol–water partition coefficient (Wildman–Crippen LogP) is 5.25. The van der Waals surface area contributed by atoms with Crippen molar-refractivity contribution in [1.82, 2.24) is 9.97 Å². The van der Waals surface area contributed by atoms with Gasteiger partial charge in [-0.25, -0.2) is 4.98 Å². The molecular weight excluding hydrogens is 336 g/mol. The topological polar surface area (TPSA) is 81.6 Å². The fourth-order valence-electron chi connectivity index (χ4n) is 3.29. The highest BCUT2D eigenvalue weighted by Gasteiger charge is 2.24. The Balaban J connectivity index is 1.93. The number of nitrogens with zero attached hydrogens (tertiary/aromatic N) is 2. The molecule has 1 aliphatic rings. The Labute approximate surface area is 160 Å². The van der Waals surface area contributed by atoms with E-state index in [1.807, 2.05) is 12.1 Å². The minimum atomic E-state index is -0.341. The first-order chi connectivity index (χ1) is 12.8. The van der Waals surface area contributed by atoms with Crippen molar-refractivity contribution in [3.8, 4) is 6.07 Å². The van der Waals surface area contributed by atoms with Gasteiger partial charge >= 0.3 is 0 Å². The third-order valence-corrected chi connectivity index (χ3v) is 5.18. The zero-order valence-corrected chi connectivity index (χ0v) is 16.4. The lowest BCUT2D eigenvalue weighted by Crippen LogP contribution is -2.17. The number of amides is 1. The van der Waals surface area contributed by atoms with E-state index in [9.17, 15) is 4.79 Å². The lowest BCUT2D eigenvalue weighted by molar-refractivity contribution is 0.101. The number of hydrogen-bond donors (Lipinski definition) is 2. The van der Waals surface area contributed by atoms with E-state index in [1.54, 1.807) is 0 Å². The van der Waals surface area contributed by atoms with Gasteiger partial charge in [0.15, 0.2) is 11.5 Å². The summed E-state index contributed by atoms with van der Waals surface area (Å²) in [7, 11) is 0. The van der Waals surface area contributed by atoms with Gasteiger partial charge in [-0.2, -0.15) is 5.26 Å². The second-order valence-corrected chi connectivity index (χ2v) is 8.26. The molecule has 5 heteroatoms.